The lowest BCUT2D eigenvalue weighted by Gasteiger charge is -2.28. The number of fused-ring (bicyclic) bond motifs is 1. The average Bonchev–Trinajstić information content (AvgIpc) is 3.16. The van der Waals surface area contributed by atoms with Crippen LogP contribution in [0.5, 0.6) is 0 Å². The lowest BCUT2D eigenvalue weighted by molar-refractivity contribution is 0.671. The number of aromatic nitrogens is 3. The SMILES string of the molecule is CC(C)N(Cc1ccccc1)c1cc(NCCc2c[nH]c3ccccc23)ncn1. The predicted octanol–water partition coefficient (Wildman–Crippen LogP) is 5.03. The summed E-state index contributed by atoms with van der Waals surface area (Å²) < 4.78 is 0. The van der Waals surface area contributed by atoms with Crippen LogP contribution in [0.15, 0.2) is 73.2 Å². The molecule has 0 aliphatic rings. The van der Waals surface area contributed by atoms with Crippen LogP contribution in [0.1, 0.15) is 25.0 Å². The van der Waals surface area contributed by atoms with E-state index in [0.29, 0.717) is 6.04 Å². The zero-order chi connectivity index (χ0) is 20.1. The summed E-state index contributed by atoms with van der Waals surface area (Å²) in [7, 11) is 0. The molecule has 0 fully saturated rings. The first kappa shape index (κ1) is 19.0. The monoisotopic (exact) mass is 385 g/mol. The minimum Gasteiger partial charge on any atom is -0.370 e. The van der Waals surface area contributed by atoms with E-state index in [1.807, 2.05) is 12.1 Å². The fourth-order valence-electron chi connectivity index (χ4n) is 3.57. The number of hydrogen-bond acceptors (Lipinski definition) is 4. The van der Waals surface area contributed by atoms with Gasteiger partial charge < -0.3 is 15.2 Å². The summed E-state index contributed by atoms with van der Waals surface area (Å²) in [6.07, 6.45) is 4.67. The molecule has 0 aliphatic heterocycles. The van der Waals surface area contributed by atoms with Gasteiger partial charge in [-0.2, -0.15) is 0 Å². The van der Waals surface area contributed by atoms with Gasteiger partial charge in [0.05, 0.1) is 0 Å². The highest BCUT2D eigenvalue weighted by molar-refractivity contribution is 5.83. The van der Waals surface area contributed by atoms with E-state index in [1.165, 1.54) is 22.0 Å². The maximum atomic E-state index is 4.53. The smallest absolute Gasteiger partial charge is 0.134 e. The molecule has 0 saturated carbocycles. The lowest BCUT2D eigenvalue weighted by atomic mass is 10.1. The second-order valence-electron chi connectivity index (χ2n) is 7.50. The van der Waals surface area contributed by atoms with Crippen LogP contribution in [0.4, 0.5) is 11.6 Å². The molecule has 2 N–H and O–H groups in total. The zero-order valence-electron chi connectivity index (χ0n) is 17.0. The Morgan fingerprint density at radius 3 is 2.62 bits per heavy atom. The summed E-state index contributed by atoms with van der Waals surface area (Å²) in [6.45, 7) is 6.02. The molecule has 4 rings (SSSR count). The molecular weight excluding hydrogens is 358 g/mol. The topological polar surface area (TPSA) is 56.8 Å². The number of para-hydroxylation sites is 1. The van der Waals surface area contributed by atoms with Crippen molar-refractivity contribution in [1.82, 2.24) is 15.0 Å². The van der Waals surface area contributed by atoms with Crippen molar-refractivity contribution in [3.05, 3.63) is 84.3 Å². The summed E-state index contributed by atoms with van der Waals surface area (Å²) in [6, 6.07) is 21.3. The number of anilines is 2. The fraction of sp³-hybridized carbons (Fsp3) is 0.250. The van der Waals surface area contributed by atoms with Crippen molar-refractivity contribution in [2.45, 2.75) is 32.9 Å². The maximum absolute atomic E-state index is 4.53. The van der Waals surface area contributed by atoms with Crippen LogP contribution in [0.25, 0.3) is 10.9 Å². The average molecular weight is 386 g/mol. The number of nitrogens with zero attached hydrogens (tertiary/aromatic N) is 3. The summed E-state index contributed by atoms with van der Waals surface area (Å²) in [4.78, 5) is 14.6. The Labute approximate surface area is 171 Å². The lowest BCUT2D eigenvalue weighted by Crippen LogP contribution is -2.31. The third-order valence-electron chi connectivity index (χ3n) is 5.14. The molecular formula is C24H27N5. The number of rotatable bonds is 8. The highest BCUT2D eigenvalue weighted by Crippen LogP contribution is 2.21. The van der Waals surface area contributed by atoms with Crippen LogP contribution in [0.3, 0.4) is 0 Å². The largest absolute Gasteiger partial charge is 0.370 e. The van der Waals surface area contributed by atoms with Gasteiger partial charge in [-0.05, 0) is 37.5 Å². The van der Waals surface area contributed by atoms with Crippen molar-refractivity contribution in [1.29, 1.82) is 0 Å². The summed E-state index contributed by atoms with van der Waals surface area (Å²) in [5, 5.41) is 4.74. The number of H-pyrrole nitrogens is 1. The molecule has 0 amide bonds. The van der Waals surface area contributed by atoms with Gasteiger partial charge in [-0.15, -0.1) is 0 Å². The first-order valence-corrected chi connectivity index (χ1v) is 10.1. The third-order valence-corrected chi connectivity index (χ3v) is 5.14. The van der Waals surface area contributed by atoms with Crippen LogP contribution in [0, 0.1) is 0 Å². The molecule has 148 valence electrons. The molecule has 0 unspecified atom stereocenters. The van der Waals surface area contributed by atoms with E-state index >= 15 is 0 Å². The molecule has 0 bridgehead atoms. The molecule has 2 heterocycles. The van der Waals surface area contributed by atoms with Crippen LogP contribution in [0.2, 0.25) is 0 Å². The van der Waals surface area contributed by atoms with Gasteiger partial charge in [0, 0.05) is 42.3 Å². The van der Waals surface area contributed by atoms with Gasteiger partial charge in [-0.25, -0.2) is 9.97 Å². The van der Waals surface area contributed by atoms with Gasteiger partial charge in [0.1, 0.15) is 18.0 Å². The molecule has 0 aliphatic carbocycles. The van der Waals surface area contributed by atoms with E-state index in [9.17, 15) is 0 Å². The Morgan fingerprint density at radius 1 is 1.00 bits per heavy atom. The van der Waals surface area contributed by atoms with E-state index in [0.717, 1.165) is 31.1 Å². The Morgan fingerprint density at radius 2 is 1.79 bits per heavy atom. The molecule has 0 spiro atoms. The van der Waals surface area contributed by atoms with Crippen molar-refractivity contribution in [2.75, 3.05) is 16.8 Å². The van der Waals surface area contributed by atoms with Gasteiger partial charge >= 0.3 is 0 Å². The standard InChI is InChI=1S/C24H27N5/c1-18(2)29(16-19-8-4-3-5-9-19)24-14-23(27-17-28-24)25-13-12-20-15-26-22-11-7-6-10-21(20)22/h3-11,14-15,17-18,26H,12-13,16H2,1-2H3,(H,25,27,28). The molecule has 0 atom stereocenters. The van der Waals surface area contributed by atoms with Gasteiger partial charge in [0.2, 0.25) is 0 Å². The number of hydrogen-bond donors (Lipinski definition) is 2. The van der Waals surface area contributed by atoms with Crippen molar-refractivity contribution < 1.29 is 0 Å². The maximum Gasteiger partial charge on any atom is 0.134 e. The highest BCUT2D eigenvalue weighted by Gasteiger charge is 2.13. The fourth-order valence-corrected chi connectivity index (χ4v) is 3.57. The molecule has 29 heavy (non-hydrogen) atoms. The summed E-state index contributed by atoms with van der Waals surface area (Å²) in [5.41, 5.74) is 3.77. The Balaban J connectivity index is 1.43. The van der Waals surface area contributed by atoms with Crippen LogP contribution < -0.4 is 10.2 Å². The van der Waals surface area contributed by atoms with E-state index in [-0.39, 0.29) is 0 Å². The van der Waals surface area contributed by atoms with Crippen molar-refractivity contribution in [3.63, 3.8) is 0 Å². The van der Waals surface area contributed by atoms with Crippen LogP contribution in [-0.2, 0) is 13.0 Å². The predicted molar refractivity (Wildman–Crippen MR) is 120 cm³/mol. The van der Waals surface area contributed by atoms with Crippen molar-refractivity contribution in [2.24, 2.45) is 0 Å². The molecule has 0 saturated heterocycles. The van der Waals surface area contributed by atoms with E-state index in [1.54, 1.807) is 6.33 Å². The van der Waals surface area contributed by atoms with Crippen LogP contribution in [-0.4, -0.2) is 27.5 Å². The van der Waals surface area contributed by atoms with Gasteiger partial charge in [-0.1, -0.05) is 48.5 Å². The summed E-state index contributed by atoms with van der Waals surface area (Å²) >= 11 is 0. The van der Waals surface area contributed by atoms with Gasteiger partial charge in [-0.3, -0.25) is 0 Å². The van der Waals surface area contributed by atoms with E-state index in [4.69, 9.17) is 0 Å². The summed E-state index contributed by atoms with van der Waals surface area (Å²) in [5.74, 6) is 1.79. The Bertz CT molecular complexity index is 1060. The van der Waals surface area contributed by atoms with Gasteiger partial charge in [0.15, 0.2) is 0 Å². The molecule has 2 aromatic heterocycles. The van der Waals surface area contributed by atoms with Crippen LogP contribution >= 0.6 is 0 Å². The molecule has 5 nitrogen and oxygen atoms in total. The van der Waals surface area contributed by atoms with Crippen molar-refractivity contribution >= 4 is 22.5 Å². The number of aromatic amines is 1. The Hall–Kier alpha value is -3.34. The quantitative estimate of drug-likeness (QED) is 0.447. The molecule has 2 aromatic carbocycles. The Kier molecular flexibility index (Phi) is 5.75. The molecule has 5 heteroatoms. The van der Waals surface area contributed by atoms with Crippen molar-refractivity contribution in [3.8, 4) is 0 Å². The first-order valence-electron chi connectivity index (χ1n) is 10.1. The normalized spacial score (nSPS) is 11.1. The third kappa shape index (κ3) is 4.57. The minimum atomic E-state index is 0.337. The van der Waals surface area contributed by atoms with Gasteiger partial charge in [0.25, 0.3) is 0 Å². The zero-order valence-corrected chi connectivity index (χ0v) is 17.0. The van der Waals surface area contributed by atoms with E-state index < -0.39 is 0 Å². The first-order chi connectivity index (χ1) is 14.2. The minimum absolute atomic E-state index is 0.337. The number of benzene rings is 2. The van der Waals surface area contributed by atoms with E-state index in [2.05, 4.69) is 93.7 Å². The second-order valence-corrected chi connectivity index (χ2v) is 7.50. The number of nitrogens with one attached hydrogen (secondary N) is 2. The molecule has 4 aromatic rings. The highest BCUT2D eigenvalue weighted by atomic mass is 15.2. The molecule has 0 radical (unpaired) electrons. The second kappa shape index (κ2) is 8.78.